The van der Waals surface area contributed by atoms with E-state index in [0.717, 1.165) is 19.6 Å². The van der Waals surface area contributed by atoms with Crippen LogP contribution in [0.15, 0.2) is 23.8 Å². The molecule has 0 saturated heterocycles. The molecule has 0 bridgehead atoms. The molecule has 1 rings (SSSR count). The van der Waals surface area contributed by atoms with Crippen LogP contribution in [0.5, 0.6) is 0 Å². The largest absolute Gasteiger partial charge is 0.370 e. The van der Waals surface area contributed by atoms with E-state index in [1.54, 1.807) is 0 Å². The fraction of sp³-hybridized carbons (Fsp3) is 0.750. The molecule has 2 nitrogen and oxygen atoms in total. The van der Waals surface area contributed by atoms with Gasteiger partial charge in [-0.1, -0.05) is 32.1 Å². The summed E-state index contributed by atoms with van der Waals surface area (Å²) >= 11 is 0. The molecular formula is C16H29NO. The van der Waals surface area contributed by atoms with Gasteiger partial charge in [0.15, 0.2) is 0 Å². The second-order valence-corrected chi connectivity index (χ2v) is 5.84. The molecule has 0 aromatic carbocycles. The SMILES string of the molecule is CC(C)COC1/C=C/CCC/C=C\1CCN(C)C. The summed E-state index contributed by atoms with van der Waals surface area (Å²) in [5, 5.41) is 0. The summed E-state index contributed by atoms with van der Waals surface area (Å²) in [6.45, 7) is 6.35. The zero-order valence-corrected chi connectivity index (χ0v) is 12.5. The van der Waals surface area contributed by atoms with Gasteiger partial charge in [-0.05, 0) is 51.3 Å². The van der Waals surface area contributed by atoms with Crippen molar-refractivity contribution in [3.05, 3.63) is 23.8 Å². The fourth-order valence-corrected chi connectivity index (χ4v) is 2.04. The van der Waals surface area contributed by atoms with Crippen LogP contribution >= 0.6 is 0 Å². The molecule has 104 valence electrons. The average Bonchev–Trinajstić information content (AvgIpc) is 2.26. The molecule has 0 radical (unpaired) electrons. The molecular weight excluding hydrogens is 222 g/mol. The molecule has 0 N–H and O–H groups in total. The van der Waals surface area contributed by atoms with E-state index in [1.807, 2.05) is 0 Å². The van der Waals surface area contributed by atoms with E-state index in [1.165, 1.54) is 24.8 Å². The lowest BCUT2D eigenvalue weighted by atomic mass is 9.99. The van der Waals surface area contributed by atoms with Gasteiger partial charge in [0.25, 0.3) is 0 Å². The molecule has 1 atom stereocenters. The summed E-state index contributed by atoms with van der Waals surface area (Å²) in [7, 11) is 4.26. The summed E-state index contributed by atoms with van der Waals surface area (Å²) in [5.74, 6) is 0.596. The van der Waals surface area contributed by atoms with E-state index in [0.29, 0.717) is 5.92 Å². The van der Waals surface area contributed by atoms with E-state index in [2.05, 4.69) is 51.1 Å². The van der Waals surface area contributed by atoms with Gasteiger partial charge in [-0.25, -0.2) is 0 Å². The molecule has 0 aliphatic heterocycles. The number of rotatable bonds is 6. The van der Waals surface area contributed by atoms with Crippen molar-refractivity contribution in [2.75, 3.05) is 27.2 Å². The third-order valence-corrected chi connectivity index (χ3v) is 3.11. The van der Waals surface area contributed by atoms with Crippen LogP contribution in [0.4, 0.5) is 0 Å². The molecule has 0 aromatic heterocycles. The highest BCUT2D eigenvalue weighted by Crippen LogP contribution is 2.19. The van der Waals surface area contributed by atoms with Gasteiger partial charge in [0.05, 0.1) is 12.7 Å². The molecule has 1 aliphatic rings. The number of nitrogens with zero attached hydrogens (tertiary/aromatic N) is 1. The third kappa shape index (κ3) is 6.36. The summed E-state index contributed by atoms with van der Waals surface area (Å²) in [5.41, 5.74) is 1.46. The Balaban J connectivity index is 2.60. The Morgan fingerprint density at radius 3 is 2.78 bits per heavy atom. The van der Waals surface area contributed by atoms with Crippen LogP contribution in [0, 0.1) is 5.92 Å². The highest BCUT2D eigenvalue weighted by atomic mass is 16.5. The smallest absolute Gasteiger partial charge is 0.0967 e. The second kappa shape index (κ2) is 8.49. The molecule has 0 heterocycles. The first-order valence-corrected chi connectivity index (χ1v) is 7.21. The number of allylic oxidation sites excluding steroid dienone is 2. The van der Waals surface area contributed by atoms with E-state index < -0.39 is 0 Å². The van der Waals surface area contributed by atoms with Crippen molar-refractivity contribution in [3.63, 3.8) is 0 Å². The van der Waals surface area contributed by atoms with Gasteiger partial charge in [0.1, 0.15) is 0 Å². The van der Waals surface area contributed by atoms with Gasteiger partial charge in [0.2, 0.25) is 0 Å². The van der Waals surface area contributed by atoms with Crippen molar-refractivity contribution in [1.82, 2.24) is 4.90 Å². The Hall–Kier alpha value is -0.600. The number of hydrogen-bond donors (Lipinski definition) is 0. The van der Waals surface area contributed by atoms with Crippen LogP contribution in [0.2, 0.25) is 0 Å². The quantitative estimate of drug-likeness (QED) is 0.668. The van der Waals surface area contributed by atoms with Gasteiger partial charge in [-0.3, -0.25) is 0 Å². The summed E-state index contributed by atoms with van der Waals surface area (Å²) < 4.78 is 6.05. The summed E-state index contributed by atoms with van der Waals surface area (Å²) in [6.07, 6.45) is 11.9. The molecule has 0 fully saturated rings. The second-order valence-electron chi connectivity index (χ2n) is 5.84. The monoisotopic (exact) mass is 251 g/mol. The maximum absolute atomic E-state index is 6.05. The minimum absolute atomic E-state index is 0.202. The molecule has 1 unspecified atom stereocenters. The molecule has 2 heteroatoms. The van der Waals surface area contributed by atoms with Crippen molar-refractivity contribution < 1.29 is 4.74 Å². The van der Waals surface area contributed by atoms with Crippen molar-refractivity contribution in [2.45, 2.75) is 45.6 Å². The van der Waals surface area contributed by atoms with Crippen LogP contribution in [-0.2, 0) is 4.74 Å². The zero-order chi connectivity index (χ0) is 13.4. The number of hydrogen-bond acceptors (Lipinski definition) is 2. The predicted octanol–water partition coefficient (Wildman–Crippen LogP) is 3.65. The standard InChI is InChI=1S/C16H29NO/c1-14(2)13-18-16-10-8-6-5-7-9-15(16)11-12-17(3)4/h8-10,14,16H,5-7,11-13H2,1-4H3/b10-8+,15-9-. The normalized spacial score (nSPS) is 25.7. The third-order valence-electron chi connectivity index (χ3n) is 3.11. The number of ether oxygens (including phenoxy) is 1. The lowest BCUT2D eigenvalue weighted by Crippen LogP contribution is -2.21. The molecule has 0 spiro atoms. The summed E-state index contributed by atoms with van der Waals surface area (Å²) in [4.78, 5) is 2.24. The van der Waals surface area contributed by atoms with Gasteiger partial charge >= 0.3 is 0 Å². The molecule has 0 saturated carbocycles. The Morgan fingerprint density at radius 1 is 1.33 bits per heavy atom. The van der Waals surface area contributed by atoms with E-state index >= 15 is 0 Å². The van der Waals surface area contributed by atoms with E-state index in [9.17, 15) is 0 Å². The van der Waals surface area contributed by atoms with Crippen molar-refractivity contribution in [2.24, 2.45) is 5.92 Å². The van der Waals surface area contributed by atoms with Crippen molar-refractivity contribution >= 4 is 0 Å². The van der Waals surface area contributed by atoms with Crippen LogP contribution < -0.4 is 0 Å². The Labute approximate surface area is 113 Å². The molecule has 0 amide bonds. The lowest BCUT2D eigenvalue weighted by Gasteiger charge is -2.22. The first-order chi connectivity index (χ1) is 8.59. The summed E-state index contributed by atoms with van der Waals surface area (Å²) in [6, 6.07) is 0. The molecule has 18 heavy (non-hydrogen) atoms. The Bertz CT molecular complexity index is 279. The molecule has 1 aliphatic carbocycles. The maximum Gasteiger partial charge on any atom is 0.0967 e. The Morgan fingerprint density at radius 2 is 2.11 bits per heavy atom. The van der Waals surface area contributed by atoms with Crippen molar-refractivity contribution in [1.29, 1.82) is 0 Å². The van der Waals surface area contributed by atoms with Gasteiger partial charge in [-0.2, -0.15) is 0 Å². The topological polar surface area (TPSA) is 12.5 Å². The highest BCUT2D eigenvalue weighted by molar-refractivity contribution is 5.17. The zero-order valence-electron chi connectivity index (χ0n) is 12.5. The predicted molar refractivity (Wildman–Crippen MR) is 78.8 cm³/mol. The van der Waals surface area contributed by atoms with Crippen LogP contribution in [0.25, 0.3) is 0 Å². The minimum atomic E-state index is 0.202. The lowest BCUT2D eigenvalue weighted by molar-refractivity contribution is 0.0825. The van der Waals surface area contributed by atoms with Gasteiger partial charge in [-0.15, -0.1) is 0 Å². The van der Waals surface area contributed by atoms with Crippen molar-refractivity contribution in [3.8, 4) is 0 Å². The van der Waals surface area contributed by atoms with Gasteiger partial charge in [0, 0.05) is 6.54 Å². The van der Waals surface area contributed by atoms with E-state index in [4.69, 9.17) is 4.74 Å². The first-order valence-electron chi connectivity index (χ1n) is 7.21. The fourth-order valence-electron chi connectivity index (χ4n) is 2.04. The minimum Gasteiger partial charge on any atom is -0.370 e. The maximum atomic E-state index is 6.05. The van der Waals surface area contributed by atoms with Gasteiger partial charge < -0.3 is 9.64 Å². The Kier molecular flexibility index (Phi) is 7.29. The molecule has 0 aromatic rings. The van der Waals surface area contributed by atoms with Crippen LogP contribution in [-0.4, -0.2) is 38.3 Å². The first kappa shape index (κ1) is 15.5. The van der Waals surface area contributed by atoms with Crippen LogP contribution in [0.3, 0.4) is 0 Å². The average molecular weight is 251 g/mol. The highest BCUT2D eigenvalue weighted by Gasteiger charge is 2.13. The van der Waals surface area contributed by atoms with E-state index in [-0.39, 0.29) is 6.10 Å². The van der Waals surface area contributed by atoms with Crippen LogP contribution in [0.1, 0.15) is 39.5 Å².